The normalized spacial score (nSPS) is 11.4. The number of sulfone groups is 1. The molecule has 2 N–H and O–H groups in total. The van der Waals surface area contributed by atoms with Gasteiger partial charge in [-0.1, -0.05) is 23.8 Å². The first-order valence-electron chi connectivity index (χ1n) is 11.4. The lowest BCUT2D eigenvalue weighted by molar-refractivity contribution is 0.101. The Morgan fingerprint density at radius 2 is 1.78 bits per heavy atom. The molecule has 0 fully saturated rings. The maximum Gasteiger partial charge on any atom is 0.230 e. The van der Waals surface area contributed by atoms with Gasteiger partial charge in [-0.2, -0.15) is 5.10 Å². The van der Waals surface area contributed by atoms with Gasteiger partial charge < -0.3 is 10.5 Å². The summed E-state index contributed by atoms with van der Waals surface area (Å²) in [4.78, 5) is 21.7. The fourth-order valence-corrected chi connectivity index (χ4v) is 5.09. The molecule has 3 aromatic heterocycles. The van der Waals surface area contributed by atoms with Gasteiger partial charge in [-0.3, -0.25) is 9.48 Å². The Morgan fingerprint density at radius 1 is 1.06 bits per heavy atom. The number of Topliss-reactive ketones (excluding diaryl/α,β-unsaturated/α-hetero) is 1. The minimum atomic E-state index is -4.04. The Morgan fingerprint density at radius 3 is 2.42 bits per heavy atom. The summed E-state index contributed by atoms with van der Waals surface area (Å²) in [5, 5.41) is 4.02. The molecule has 186 valence electrons. The third-order valence-electron chi connectivity index (χ3n) is 5.60. The number of hydrogen-bond acceptors (Lipinski definition) is 8. The van der Waals surface area contributed by atoms with Gasteiger partial charge in [0.2, 0.25) is 15.7 Å². The van der Waals surface area contributed by atoms with Crippen LogP contribution in [-0.2, 0) is 16.4 Å². The molecular weight excluding hydrogens is 478 g/mol. The molecule has 3 heterocycles. The lowest BCUT2D eigenvalue weighted by atomic mass is 10.1. The molecule has 9 nitrogen and oxygen atoms in total. The van der Waals surface area contributed by atoms with E-state index in [4.69, 9.17) is 10.5 Å². The van der Waals surface area contributed by atoms with Crippen LogP contribution in [-0.4, -0.2) is 39.7 Å². The first-order chi connectivity index (χ1) is 17.1. The monoisotopic (exact) mass is 505 g/mol. The fraction of sp³-hybridized carbons (Fsp3) is 0.231. The maximum atomic E-state index is 13.3. The van der Waals surface area contributed by atoms with Gasteiger partial charge in [-0.05, 0) is 63.1 Å². The van der Waals surface area contributed by atoms with Crippen molar-refractivity contribution in [2.24, 2.45) is 0 Å². The van der Waals surface area contributed by atoms with Gasteiger partial charge in [0.15, 0.2) is 10.8 Å². The largest absolute Gasteiger partial charge is 0.438 e. The van der Waals surface area contributed by atoms with Crippen LogP contribution in [0, 0.1) is 20.8 Å². The average molecular weight is 506 g/mol. The highest BCUT2D eigenvalue weighted by Crippen LogP contribution is 2.33. The summed E-state index contributed by atoms with van der Waals surface area (Å²) in [6.45, 7) is 8.46. The van der Waals surface area contributed by atoms with Crippen LogP contribution < -0.4 is 10.5 Å². The number of aromatic nitrogens is 4. The van der Waals surface area contributed by atoms with E-state index in [-0.39, 0.29) is 22.3 Å². The Balaban J connectivity index is 1.76. The van der Waals surface area contributed by atoms with Crippen molar-refractivity contribution in [1.29, 1.82) is 0 Å². The summed E-state index contributed by atoms with van der Waals surface area (Å²) in [5.41, 5.74) is 9.78. The summed E-state index contributed by atoms with van der Waals surface area (Å²) in [5.74, 6) is -0.839. The number of aryl methyl sites for hydroxylation is 4. The van der Waals surface area contributed by atoms with E-state index in [2.05, 4.69) is 15.1 Å². The summed E-state index contributed by atoms with van der Waals surface area (Å²) in [6.07, 6.45) is 3.52. The number of ether oxygens (including phenoxy) is 1. The van der Waals surface area contributed by atoms with Gasteiger partial charge in [-0.25, -0.2) is 18.4 Å². The van der Waals surface area contributed by atoms with E-state index >= 15 is 0 Å². The maximum absolute atomic E-state index is 13.3. The molecule has 0 aliphatic heterocycles. The van der Waals surface area contributed by atoms with E-state index in [9.17, 15) is 13.2 Å². The van der Waals surface area contributed by atoms with Crippen molar-refractivity contribution in [2.75, 3.05) is 11.5 Å². The van der Waals surface area contributed by atoms with Crippen molar-refractivity contribution in [2.45, 2.75) is 39.3 Å². The standard InChI is InChI=1S/C26H27N5O4S/c1-5-31-14-19(13-28-31)21-10-9-20(22(32)15-36(33,34)24-8-6-7-23(27)30-24)26(29-21)35-25-17(3)11-16(2)12-18(25)4/h6-14H,5,15H2,1-4H3,(H2,27,30). The third-order valence-corrected chi connectivity index (χ3v) is 7.11. The number of nitrogen functional groups attached to an aromatic ring is 1. The van der Waals surface area contributed by atoms with Gasteiger partial charge in [0.25, 0.3) is 0 Å². The molecule has 0 saturated carbocycles. The minimum Gasteiger partial charge on any atom is -0.438 e. The molecule has 1 aromatic carbocycles. The highest BCUT2D eigenvalue weighted by molar-refractivity contribution is 7.92. The van der Waals surface area contributed by atoms with Crippen molar-refractivity contribution in [3.8, 4) is 22.9 Å². The highest BCUT2D eigenvalue weighted by Gasteiger charge is 2.26. The van der Waals surface area contributed by atoms with Crippen LogP contribution in [0.1, 0.15) is 34.0 Å². The van der Waals surface area contributed by atoms with Crippen LogP contribution in [0.5, 0.6) is 11.6 Å². The SMILES string of the molecule is CCn1cc(-c2ccc(C(=O)CS(=O)(=O)c3cccc(N)n3)c(Oc3c(C)cc(C)cc3C)n2)cn1. The topological polar surface area (TPSA) is 130 Å². The number of pyridine rings is 2. The molecule has 0 unspecified atom stereocenters. The lowest BCUT2D eigenvalue weighted by Gasteiger charge is -2.15. The second-order valence-corrected chi connectivity index (χ2v) is 10.5. The van der Waals surface area contributed by atoms with E-state index in [1.54, 1.807) is 16.9 Å². The number of ketones is 1. The number of anilines is 1. The molecule has 10 heteroatoms. The van der Waals surface area contributed by atoms with E-state index in [1.165, 1.54) is 24.3 Å². The number of rotatable bonds is 8. The Hall–Kier alpha value is -4.05. The second-order valence-electron chi connectivity index (χ2n) is 8.55. The van der Waals surface area contributed by atoms with Crippen molar-refractivity contribution in [1.82, 2.24) is 19.7 Å². The van der Waals surface area contributed by atoms with Gasteiger partial charge in [0.05, 0.1) is 17.5 Å². The summed E-state index contributed by atoms with van der Waals surface area (Å²) >= 11 is 0. The van der Waals surface area contributed by atoms with Gasteiger partial charge in [0.1, 0.15) is 17.3 Å². The number of nitrogens with two attached hydrogens (primary N) is 1. The zero-order chi connectivity index (χ0) is 26.0. The van der Waals surface area contributed by atoms with Crippen LogP contribution in [0.2, 0.25) is 0 Å². The molecule has 0 spiro atoms. The number of hydrogen-bond donors (Lipinski definition) is 1. The van der Waals surface area contributed by atoms with Gasteiger partial charge >= 0.3 is 0 Å². The summed E-state index contributed by atoms with van der Waals surface area (Å²) < 4.78 is 33.7. The molecule has 0 amide bonds. The number of carbonyl (C=O) groups excluding carboxylic acids is 1. The fourth-order valence-electron chi connectivity index (χ4n) is 3.91. The Bertz CT molecular complexity index is 1540. The Kier molecular flexibility index (Phi) is 6.89. The molecule has 0 atom stereocenters. The molecular formula is C26H27N5O4S. The van der Waals surface area contributed by atoms with Gasteiger partial charge in [0, 0.05) is 18.3 Å². The molecule has 4 aromatic rings. The van der Waals surface area contributed by atoms with Crippen molar-refractivity contribution in [3.05, 3.63) is 77.1 Å². The third kappa shape index (κ3) is 5.28. The van der Waals surface area contributed by atoms with Crippen LogP contribution >= 0.6 is 0 Å². The van der Waals surface area contributed by atoms with E-state index < -0.39 is 21.4 Å². The van der Waals surface area contributed by atoms with E-state index in [0.717, 1.165) is 22.3 Å². The summed E-state index contributed by atoms with van der Waals surface area (Å²) in [7, 11) is -4.04. The molecule has 4 rings (SSSR count). The van der Waals surface area contributed by atoms with Crippen LogP contribution in [0.15, 0.2) is 59.9 Å². The van der Waals surface area contributed by atoms with Crippen LogP contribution in [0.4, 0.5) is 5.82 Å². The summed E-state index contributed by atoms with van der Waals surface area (Å²) in [6, 6.07) is 11.4. The predicted molar refractivity (Wildman–Crippen MR) is 137 cm³/mol. The van der Waals surface area contributed by atoms with Crippen LogP contribution in [0.25, 0.3) is 11.3 Å². The predicted octanol–water partition coefficient (Wildman–Crippen LogP) is 4.32. The smallest absolute Gasteiger partial charge is 0.230 e. The van der Waals surface area contributed by atoms with E-state index in [1.807, 2.05) is 46.0 Å². The average Bonchev–Trinajstić information content (AvgIpc) is 3.30. The molecule has 0 bridgehead atoms. The zero-order valence-corrected chi connectivity index (χ0v) is 21.3. The van der Waals surface area contributed by atoms with Crippen molar-refractivity contribution >= 4 is 21.4 Å². The number of nitrogens with zero attached hydrogens (tertiary/aromatic N) is 4. The number of carbonyl (C=O) groups is 1. The molecule has 0 radical (unpaired) electrons. The zero-order valence-electron chi connectivity index (χ0n) is 20.5. The molecule has 0 saturated heterocycles. The quantitative estimate of drug-likeness (QED) is 0.351. The first-order valence-corrected chi connectivity index (χ1v) is 13.0. The molecule has 0 aliphatic rings. The van der Waals surface area contributed by atoms with E-state index in [0.29, 0.717) is 18.0 Å². The highest BCUT2D eigenvalue weighted by atomic mass is 32.2. The van der Waals surface area contributed by atoms with Gasteiger partial charge in [-0.15, -0.1) is 0 Å². The van der Waals surface area contributed by atoms with Crippen molar-refractivity contribution < 1.29 is 17.9 Å². The molecule has 0 aliphatic carbocycles. The minimum absolute atomic E-state index is 0.0209. The first kappa shape index (κ1) is 25.1. The van der Waals surface area contributed by atoms with Crippen molar-refractivity contribution in [3.63, 3.8) is 0 Å². The Labute approximate surface area is 209 Å². The lowest BCUT2D eigenvalue weighted by Crippen LogP contribution is -2.19. The second kappa shape index (κ2) is 9.90. The van der Waals surface area contributed by atoms with Crippen LogP contribution in [0.3, 0.4) is 0 Å². The molecule has 36 heavy (non-hydrogen) atoms. The number of benzene rings is 1.